The van der Waals surface area contributed by atoms with E-state index < -0.39 is 20.8 Å². The highest BCUT2D eigenvalue weighted by Crippen LogP contribution is 2.37. The van der Waals surface area contributed by atoms with Crippen molar-refractivity contribution in [3.8, 4) is 0 Å². The first kappa shape index (κ1) is 24.6. The fraction of sp³-hybridized carbons (Fsp3) is 0. The Morgan fingerprint density at radius 1 is 0.784 bits per heavy atom. The number of carbonyl (C=O) groups is 2. The number of anilines is 5. The van der Waals surface area contributed by atoms with Gasteiger partial charge in [-0.1, -0.05) is 24.3 Å². The van der Waals surface area contributed by atoms with Crippen LogP contribution < -0.4 is 16.4 Å². The third-order valence-electron chi connectivity index (χ3n) is 5.47. The number of ketones is 2. The minimum atomic E-state index is -4.68. The number of nitrogens with zero attached hydrogens (tertiary/aromatic N) is 3. The molecule has 5 rings (SSSR count). The normalized spacial score (nSPS) is 12.6. The number of carbonyl (C=O) groups excluding carboxylic acids is 2. The molecule has 14 heteroatoms. The molecular formula is C23H14Cl2N6O5S. The molecule has 3 aromatic carbocycles. The van der Waals surface area contributed by atoms with Crippen LogP contribution in [0, 0.1) is 0 Å². The van der Waals surface area contributed by atoms with Crippen LogP contribution in [0.1, 0.15) is 31.8 Å². The molecule has 0 bridgehead atoms. The summed E-state index contributed by atoms with van der Waals surface area (Å²) >= 11 is 11.6. The molecule has 0 saturated heterocycles. The molecule has 0 spiro atoms. The SMILES string of the molecule is Nc1ccc(Nc2ccc(S(=O)(=O)O)c(Nc3nc(Cl)nc(Cl)n3)c2)c2c1C(=O)c1ccccc1C2=O. The number of fused-ring (bicyclic) bond motifs is 2. The summed E-state index contributed by atoms with van der Waals surface area (Å²) in [6.45, 7) is 0. The molecule has 4 aromatic rings. The van der Waals surface area contributed by atoms with E-state index in [1.54, 1.807) is 24.3 Å². The Bertz CT molecular complexity index is 1730. The summed E-state index contributed by atoms with van der Waals surface area (Å²) in [6, 6.07) is 13.2. The van der Waals surface area contributed by atoms with Crippen LogP contribution in [0.15, 0.2) is 59.5 Å². The molecule has 1 heterocycles. The van der Waals surface area contributed by atoms with E-state index >= 15 is 0 Å². The van der Waals surface area contributed by atoms with Gasteiger partial charge in [0, 0.05) is 22.5 Å². The van der Waals surface area contributed by atoms with Crippen LogP contribution in [0.5, 0.6) is 0 Å². The highest BCUT2D eigenvalue weighted by molar-refractivity contribution is 7.86. The zero-order valence-corrected chi connectivity index (χ0v) is 20.7. The van der Waals surface area contributed by atoms with Crippen molar-refractivity contribution < 1.29 is 22.6 Å². The van der Waals surface area contributed by atoms with Crippen LogP contribution in [0.2, 0.25) is 10.6 Å². The summed E-state index contributed by atoms with van der Waals surface area (Å²) in [4.78, 5) is 37.3. The number of aromatic nitrogens is 3. The van der Waals surface area contributed by atoms with Crippen molar-refractivity contribution in [2.45, 2.75) is 4.90 Å². The molecule has 1 aliphatic rings. The average Bonchev–Trinajstić information content (AvgIpc) is 2.82. The van der Waals surface area contributed by atoms with Crippen molar-refractivity contribution in [3.63, 3.8) is 0 Å². The number of benzene rings is 3. The highest BCUT2D eigenvalue weighted by atomic mass is 35.5. The van der Waals surface area contributed by atoms with Gasteiger partial charge in [0.05, 0.1) is 22.5 Å². The number of nitrogens with one attached hydrogen (secondary N) is 2. The fourth-order valence-corrected chi connectivity index (χ4v) is 4.93. The van der Waals surface area contributed by atoms with Crippen molar-refractivity contribution in [1.29, 1.82) is 0 Å². The van der Waals surface area contributed by atoms with E-state index in [-0.39, 0.29) is 67.3 Å². The molecule has 0 atom stereocenters. The monoisotopic (exact) mass is 556 g/mol. The van der Waals surface area contributed by atoms with Crippen molar-refractivity contribution in [1.82, 2.24) is 15.0 Å². The van der Waals surface area contributed by atoms with Gasteiger partial charge < -0.3 is 16.4 Å². The fourth-order valence-electron chi connectivity index (χ4n) is 3.94. The van der Waals surface area contributed by atoms with E-state index in [2.05, 4.69) is 25.6 Å². The van der Waals surface area contributed by atoms with Crippen molar-refractivity contribution in [3.05, 3.63) is 87.4 Å². The summed E-state index contributed by atoms with van der Waals surface area (Å²) in [7, 11) is -4.68. The van der Waals surface area contributed by atoms with Gasteiger partial charge in [0.15, 0.2) is 11.6 Å². The van der Waals surface area contributed by atoms with Gasteiger partial charge in [-0.3, -0.25) is 14.1 Å². The third kappa shape index (κ3) is 4.58. The smallest absolute Gasteiger partial charge is 0.296 e. The Hall–Kier alpha value is -4.10. The number of hydrogen-bond donors (Lipinski definition) is 4. The Kier molecular flexibility index (Phi) is 6.04. The van der Waals surface area contributed by atoms with E-state index in [0.29, 0.717) is 0 Å². The quantitative estimate of drug-likeness (QED) is 0.179. The number of nitrogen functional groups attached to an aromatic ring is 1. The van der Waals surface area contributed by atoms with E-state index in [1.165, 1.54) is 24.3 Å². The molecule has 0 unspecified atom stereocenters. The maximum absolute atomic E-state index is 13.4. The maximum atomic E-state index is 13.4. The van der Waals surface area contributed by atoms with Crippen molar-refractivity contribution in [2.24, 2.45) is 0 Å². The zero-order chi connectivity index (χ0) is 26.5. The number of halogens is 2. The van der Waals surface area contributed by atoms with Gasteiger partial charge in [0.25, 0.3) is 10.1 Å². The number of nitrogens with two attached hydrogens (primary N) is 1. The summed E-state index contributed by atoms with van der Waals surface area (Å²) in [5.41, 5.74) is 7.25. The lowest BCUT2D eigenvalue weighted by Gasteiger charge is -2.22. The van der Waals surface area contributed by atoms with E-state index in [0.717, 1.165) is 6.07 Å². The molecule has 1 aromatic heterocycles. The van der Waals surface area contributed by atoms with Crippen LogP contribution in [-0.2, 0) is 10.1 Å². The second-order valence-electron chi connectivity index (χ2n) is 7.79. The predicted molar refractivity (Wildman–Crippen MR) is 137 cm³/mol. The molecule has 11 nitrogen and oxygen atoms in total. The molecule has 186 valence electrons. The second kappa shape index (κ2) is 9.09. The Morgan fingerprint density at radius 2 is 1.41 bits per heavy atom. The van der Waals surface area contributed by atoms with Crippen LogP contribution in [0.4, 0.5) is 28.7 Å². The first-order valence-electron chi connectivity index (χ1n) is 10.4. The third-order valence-corrected chi connectivity index (χ3v) is 6.72. The van der Waals surface area contributed by atoms with E-state index in [1.807, 2.05) is 0 Å². The summed E-state index contributed by atoms with van der Waals surface area (Å²) in [6.07, 6.45) is 0. The molecular weight excluding hydrogens is 543 g/mol. The van der Waals surface area contributed by atoms with Gasteiger partial charge in [0.2, 0.25) is 16.5 Å². The van der Waals surface area contributed by atoms with Gasteiger partial charge in [-0.05, 0) is 53.5 Å². The zero-order valence-electron chi connectivity index (χ0n) is 18.4. The molecule has 37 heavy (non-hydrogen) atoms. The summed E-state index contributed by atoms with van der Waals surface area (Å²) in [5, 5.41) is 5.16. The Balaban J connectivity index is 1.59. The maximum Gasteiger partial charge on any atom is 0.296 e. The number of rotatable bonds is 5. The first-order valence-corrected chi connectivity index (χ1v) is 12.6. The lowest BCUT2D eigenvalue weighted by atomic mass is 9.82. The van der Waals surface area contributed by atoms with E-state index in [9.17, 15) is 22.6 Å². The van der Waals surface area contributed by atoms with Crippen LogP contribution >= 0.6 is 23.2 Å². The minimum absolute atomic E-state index is 0.0658. The lowest BCUT2D eigenvalue weighted by molar-refractivity contribution is 0.0980. The summed E-state index contributed by atoms with van der Waals surface area (Å²) < 4.78 is 33.6. The van der Waals surface area contributed by atoms with Gasteiger partial charge in [-0.2, -0.15) is 23.4 Å². The van der Waals surface area contributed by atoms with Gasteiger partial charge in [0.1, 0.15) is 4.90 Å². The molecule has 0 saturated carbocycles. The van der Waals surface area contributed by atoms with Gasteiger partial charge >= 0.3 is 0 Å². The molecule has 1 aliphatic carbocycles. The molecule has 0 amide bonds. The Morgan fingerprint density at radius 3 is 2.03 bits per heavy atom. The highest BCUT2D eigenvalue weighted by Gasteiger charge is 2.33. The first-order chi connectivity index (χ1) is 17.5. The molecule has 0 radical (unpaired) electrons. The van der Waals surface area contributed by atoms with Gasteiger partial charge in [-0.15, -0.1) is 0 Å². The van der Waals surface area contributed by atoms with Crippen molar-refractivity contribution in [2.75, 3.05) is 16.4 Å². The van der Waals surface area contributed by atoms with Crippen LogP contribution in [-0.4, -0.2) is 39.5 Å². The summed E-state index contributed by atoms with van der Waals surface area (Å²) in [5.74, 6) is -0.976. The van der Waals surface area contributed by atoms with Crippen molar-refractivity contribution >= 4 is 73.6 Å². The number of hydrogen-bond acceptors (Lipinski definition) is 10. The topological polar surface area (TPSA) is 177 Å². The molecule has 0 fully saturated rings. The van der Waals surface area contributed by atoms with Gasteiger partial charge in [-0.25, -0.2) is 0 Å². The molecule has 0 aliphatic heterocycles. The van der Waals surface area contributed by atoms with Crippen LogP contribution in [0.3, 0.4) is 0 Å². The standard InChI is InChI=1S/C23H14Cl2N6O5S/c24-21-29-22(25)31-23(30-21)28-15-9-10(5-8-16(15)37(34,35)36)27-14-7-6-13(26)17-18(14)20(33)12-4-2-1-3-11(12)19(17)32/h1-9,27H,26H2,(H,34,35,36)(H,28,29,30,31). The predicted octanol–water partition coefficient (Wildman–Crippen LogP) is 4.27. The lowest BCUT2D eigenvalue weighted by Crippen LogP contribution is -2.23. The average molecular weight is 557 g/mol. The van der Waals surface area contributed by atoms with Crippen LogP contribution in [0.25, 0.3) is 0 Å². The van der Waals surface area contributed by atoms with E-state index in [4.69, 9.17) is 28.9 Å². The Labute approximate surface area is 219 Å². The second-order valence-corrected chi connectivity index (χ2v) is 9.86. The largest absolute Gasteiger partial charge is 0.398 e. The molecule has 5 N–H and O–H groups in total. The minimum Gasteiger partial charge on any atom is -0.398 e.